The topological polar surface area (TPSA) is 82.1 Å². The van der Waals surface area contributed by atoms with Crippen LogP contribution in [-0.4, -0.2) is 52.1 Å². The minimum Gasteiger partial charge on any atom is -0.495 e. The summed E-state index contributed by atoms with van der Waals surface area (Å²) in [7, 11) is -2.37. The van der Waals surface area contributed by atoms with Crippen molar-refractivity contribution >= 4 is 45.3 Å². The summed E-state index contributed by atoms with van der Waals surface area (Å²) in [4.78, 5) is 12.1. The average molecular weight is 486 g/mol. The number of carbonyl (C=O) groups excluding carboxylic acids is 1. The number of nitrogens with zero attached hydrogens (tertiary/aromatic N) is 1. The van der Waals surface area contributed by atoms with E-state index in [1.165, 1.54) is 29.6 Å². The van der Waals surface area contributed by atoms with Crippen molar-refractivity contribution in [2.75, 3.05) is 33.4 Å². The number of esters is 1. The van der Waals surface area contributed by atoms with Crippen molar-refractivity contribution in [1.82, 2.24) is 4.31 Å². The SMILES string of the molecule is COc1ccc(C=CC(=O)OCc2c(Cl)cccc2Cl)cc1S(=O)(=O)N1CCOCC1. The Morgan fingerprint density at radius 3 is 2.48 bits per heavy atom. The van der Waals surface area contributed by atoms with Crippen molar-refractivity contribution in [3.05, 3.63) is 63.6 Å². The molecule has 1 fully saturated rings. The first-order chi connectivity index (χ1) is 14.8. The Morgan fingerprint density at radius 1 is 1.16 bits per heavy atom. The lowest BCUT2D eigenvalue weighted by Crippen LogP contribution is -2.40. The zero-order valence-corrected chi connectivity index (χ0v) is 19.0. The van der Waals surface area contributed by atoms with Crippen LogP contribution in [0.1, 0.15) is 11.1 Å². The summed E-state index contributed by atoms with van der Waals surface area (Å²) >= 11 is 12.1. The largest absolute Gasteiger partial charge is 0.495 e. The molecule has 0 atom stereocenters. The number of sulfonamides is 1. The number of hydrogen-bond acceptors (Lipinski definition) is 6. The van der Waals surface area contributed by atoms with E-state index in [0.717, 1.165) is 0 Å². The van der Waals surface area contributed by atoms with Crippen LogP contribution >= 0.6 is 23.2 Å². The molecule has 2 aromatic carbocycles. The highest BCUT2D eigenvalue weighted by molar-refractivity contribution is 7.89. The maximum absolute atomic E-state index is 13.0. The van der Waals surface area contributed by atoms with Crippen LogP contribution in [0, 0.1) is 0 Å². The van der Waals surface area contributed by atoms with Crippen LogP contribution in [-0.2, 0) is 30.9 Å². The molecule has 0 amide bonds. The fraction of sp³-hybridized carbons (Fsp3) is 0.286. The predicted octanol–water partition coefficient (Wildman–Crippen LogP) is 3.78. The molecule has 0 unspecified atom stereocenters. The third-order valence-electron chi connectivity index (χ3n) is 4.61. The summed E-state index contributed by atoms with van der Waals surface area (Å²) in [6.45, 7) is 1.12. The molecule has 2 aromatic rings. The van der Waals surface area contributed by atoms with Gasteiger partial charge in [0.1, 0.15) is 17.3 Å². The van der Waals surface area contributed by atoms with Gasteiger partial charge in [0.25, 0.3) is 0 Å². The van der Waals surface area contributed by atoms with Crippen LogP contribution < -0.4 is 4.74 Å². The van der Waals surface area contributed by atoms with Crippen LogP contribution in [0.15, 0.2) is 47.4 Å². The lowest BCUT2D eigenvalue weighted by atomic mass is 10.2. The van der Waals surface area contributed by atoms with Crippen molar-refractivity contribution in [3.63, 3.8) is 0 Å². The molecule has 0 saturated carbocycles. The molecule has 3 rings (SSSR count). The van der Waals surface area contributed by atoms with Gasteiger partial charge in [-0.2, -0.15) is 4.31 Å². The van der Waals surface area contributed by atoms with Gasteiger partial charge in [-0.15, -0.1) is 0 Å². The second kappa shape index (κ2) is 10.5. The normalized spacial score (nSPS) is 15.2. The summed E-state index contributed by atoms with van der Waals surface area (Å²) in [6, 6.07) is 9.65. The number of rotatable bonds is 7. The average Bonchev–Trinajstić information content (AvgIpc) is 2.77. The zero-order valence-electron chi connectivity index (χ0n) is 16.7. The Balaban J connectivity index is 1.75. The van der Waals surface area contributed by atoms with Crippen LogP contribution in [0.4, 0.5) is 0 Å². The van der Waals surface area contributed by atoms with Crippen molar-refractivity contribution in [2.24, 2.45) is 0 Å². The minimum absolute atomic E-state index is 0.0234. The first-order valence-corrected chi connectivity index (χ1v) is 11.6. The van der Waals surface area contributed by atoms with E-state index in [9.17, 15) is 13.2 Å². The minimum atomic E-state index is -3.77. The van der Waals surface area contributed by atoms with Gasteiger partial charge in [0.15, 0.2) is 0 Å². The molecule has 1 saturated heterocycles. The lowest BCUT2D eigenvalue weighted by molar-refractivity contribution is -0.138. The van der Waals surface area contributed by atoms with Gasteiger partial charge in [-0.1, -0.05) is 35.3 Å². The number of methoxy groups -OCH3 is 1. The van der Waals surface area contributed by atoms with Crippen LogP contribution in [0.2, 0.25) is 10.0 Å². The molecular weight excluding hydrogens is 465 g/mol. The van der Waals surface area contributed by atoms with Gasteiger partial charge in [-0.05, 0) is 35.9 Å². The first-order valence-electron chi connectivity index (χ1n) is 9.36. The van der Waals surface area contributed by atoms with Crippen molar-refractivity contribution in [1.29, 1.82) is 0 Å². The molecule has 0 bridgehead atoms. The number of halogens is 2. The number of benzene rings is 2. The molecule has 0 radical (unpaired) electrons. The van der Waals surface area contributed by atoms with Crippen molar-refractivity contribution in [3.8, 4) is 5.75 Å². The van der Waals surface area contributed by atoms with Gasteiger partial charge < -0.3 is 14.2 Å². The lowest BCUT2D eigenvalue weighted by Gasteiger charge is -2.26. The zero-order chi connectivity index (χ0) is 22.4. The fourth-order valence-corrected chi connectivity index (χ4v) is 5.06. The Morgan fingerprint density at radius 2 is 1.84 bits per heavy atom. The monoisotopic (exact) mass is 485 g/mol. The summed E-state index contributed by atoms with van der Waals surface area (Å²) < 4.78 is 43.1. The van der Waals surface area contributed by atoms with Gasteiger partial charge in [-0.25, -0.2) is 13.2 Å². The van der Waals surface area contributed by atoms with E-state index >= 15 is 0 Å². The van der Waals surface area contributed by atoms with Gasteiger partial charge in [0.2, 0.25) is 10.0 Å². The van der Waals surface area contributed by atoms with E-state index in [0.29, 0.717) is 34.4 Å². The van der Waals surface area contributed by atoms with Crippen LogP contribution in [0.5, 0.6) is 5.75 Å². The molecule has 1 aliphatic heterocycles. The first kappa shape index (κ1) is 23.6. The fourth-order valence-electron chi connectivity index (χ4n) is 2.95. The van der Waals surface area contributed by atoms with E-state index in [1.54, 1.807) is 30.3 Å². The van der Waals surface area contributed by atoms with E-state index in [2.05, 4.69) is 0 Å². The maximum atomic E-state index is 13.0. The Bertz CT molecular complexity index is 1060. The third-order valence-corrected chi connectivity index (χ3v) is 7.24. The highest BCUT2D eigenvalue weighted by Gasteiger charge is 2.29. The van der Waals surface area contributed by atoms with Crippen molar-refractivity contribution in [2.45, 2.75) is 11.5 Å². The molecule has 0 aliphatic carbocycles. The molecule has 0 N–H and O–H groups in total. The summed E-state index contributed by atoms with van der Waals surface area (Å²) in [6.07, 6.45) is 2.67. The van der Waals surface area contributed by atoms with E-state index in [1.807, 2.05) is 0 Å². The quantitative estimate of drug-likeness (QED) is 0.438. The summed E-state index contributed by atoms with van der Waals surface area (Å²) in [5.74, 6) is -0.399. The van der Waals surface area contributed by atoms with Gasteiger partial charge in [-0.3, -0.25) is 0 Å². The second-order valence-electron chi connectivity index (χ2n) is 6.57. The van der Waals surface area contributed by atoms with E-state index in [4.69, 9.17) is 37.4 Å². The number of ether oxygens (including phenoxy) is 3. The molecule has 31 heavy (non-hydrogen) atoms. The molecule has 10 heteroatoms. The highest BCUT2D eigenvalue weighted by Crippen LogP contribution is 2.29. The molecular formula is C21H21Cl2NO6S. The third kappa shape index (κ3) is 5.78. The van der Waals surface area contributed by atoms with Crippen LogP contribution in [0.3, 0.4) is 0 Å². The number of carbonyl (C=O) groups is 1. The Hall–Kier alpha value is -2.10. The van der Waals surface area contributed by atoms with Gasteiger partial charge >= 0.3 is 5.97 Å². The highest BCUT2D eigenvalue weighted by atomic mass is 35.5. The summed E-state index contributed by atoms with van der Waals surface area (Å²) in [5, 5.41) is 0.801. The Kier molecular flexibility index (Phi) is 7.96. The molecule has 0 spiro atoms. The molecule has 1 aliphatic rings. The van der Waals surface area contributed by atoms with Gasteiger partial charge in [0, 0.05) is 34.8 Å². The molecule has 0 aromatic heterocycles. The molecule has 7 nitrogen and oxygen atoms in total. The molecule has 1 heterocycles. The van der Waals surface area contributed by atoms with E-state index in [-0.39, 0.29) is 30.3 Å². The van der Waals surface area contributed by atoms with Crippen LogP contribution in [0.25, 0.3) is 6.08 Å². The standard InChI is InChI=1S/C21H21Cl2NO6S/c1-28-19-7-5-15(13-20(19)31(26,27)24-9-11-29-12-10-24)6-8-21(25)30-14-16-17(22)3-2-4-18(16)23/h2-8,13H,9-12,14H2,1H3. The van der Waals surface area contributed by atoms with E-state index < -0.39 is 16.0 Å². The molecule has 166 valence electrons. The summed E-state index contributed by atoms with van der Waals surface area (Å²) in [5.41, 5.74) is 1.01. The second-order valence-corrected chi connectivity index (χ2v) is 9.29. The predicted molar refractivity (Wildman–Crippen MR) is 118 cm³/mol. The smallest absolute Gasteiger partial charge is 0.331 e. The number of hydrogen-bond donors (Lipinski definition) is 0. The maximum Gasteiger partial charge on any atom is 0.331 e. The van der Waals surface area contributed by atoms with Gasteiger partial charge in [0.05, 0.1) is 20.3 Å². The van der Waals surface area contributed by atoms with Crippen molar-refractivity contribution < 1.29 is 27.4 Å². The number of morpholine rings is 1. The Labute approximate surface area is 191 Å².